The number of rotatable bonds is 1. The number of nitrogens with two attached hydrogens (primary N) is 1. The summed E-state index contributed by atoms with van der Waals surface area (Å²) in [7, 11) is 0. The second-order valence-corrected chi connectivity index (χ2v) is 4.39. The van der Waals surface area contributed by atoms with Crippen LogP contribution >= 0.6 is 11.6 Å². The van der Waals surface area contributed by atoms with E-state index < -0.39 is 0 Å². The summed E-state index contributed by atoms with van der Waals surface area (Å²) in [5.74, 6) is 0.335. The van der Waals surface area contributed by atoms with Gasteiger partial charge in [0.1, 0.15) is 5.75 Å². The molecule has 0 saturated carbocycles. The Morgan fingerprint density at radius 1 is 1.24 bits per heavy atom. The van der Waals surface area contributed by atoms with Gasteiger partial charge in [-0.15, -0.1) is 0 Å². The molecule has 3 N–H and O–H groups in total. The Labute approximate surface area is 104 Å². The molecule has 0 radical (unpaired) electrons. The van der Waals surface area contributed by atoms with Crippen molar-refractivity contribution in [1.82, 2.24) is 5.16 Å². The Hall–Kier alpha value is -1.68. The summed E-state index contributed by atoms with van der Waals surface area (Å²) < 4.78 is 4.81. The van der Waals surface area contributed by atoms with Crippen LogP contribution in [0.15, 0.2) is 10.7 Å². The highest BCUT2D eigenvalue weighted by Crippen LogP contribution is 2.43. The molecule has 0 aliphatic heterocycles. The molecule has 1 aromatic carbocycles. The Balaban J connectivity index is 2.84. The van der Waals surface area contributed by atoms with Gasteiger partial charge >= 0.3 is 0 Å². The first-order chi connectivity index (χ1) is 7.95. The van der Waals surface area contributed by atoms with Gasteiger partial charge in [0.2, 0.25) is 5.88 Å². The highest BCUT2D eigenvalue weighted by molar-refractivity contribution is 6.32. The molecule has 0 unspecified atom stereocenters. The highest BCUT2D eigenvalue weighted by Gasteiger charge is 2.20. The zero-order valence-corrected chi connectivity index (χ0v) is 10.6. The second-order valence-electron chi connectivity index (χ2n) is 4.02. The third kappa shape index (κ3) is 1.65. The number of nitrogen functional groups attached to an aromatic ring is 1. The fourth-order valence-corrected chi connectivity index (χ4v) is 2.10. The van der Waals surface area contributed by atoms with Gasteiger partial charge in [-0.2, -0.15) is 0 Å². The van der Waals surface area contributed by atoms with E-state index in [4.69, 9.17) is 21.9 Å². The van der Waals surface area contributed by atoms with E-state index in [9.17, 15) is 5.11 Å². The van der Waals surface area contributed by atoms with Gasteiger partial charge in [-0.1, -0.05) is 16.8 Å². The van der Waals surface area contributed by atoms with Crippen LogP contribution in [0.5, 0.6) is 5.75 Å². The molecule has 2 aromatic rings. The third-order valence-electron chi connectivity index (χ3n) is 3.06. The second kappa shape index (κ2) is 3.96. The third-order valence-corrected chi connectivity index (χ3v) is 3.62. The normalized spacial score (nSPS) is 10.8. The van der Waals surface area contributed by atoms with Crippen molar-refractivity contribution in [3.63, 3.8) is 0 Å². The molecule has 0 bridgehead atoms. The maximum Gasteiger partial charge on any atom is 0.230 e. The topological polar surface area (TPSA) is 72.3 Å². The van der Waals surface area contributed by atoms with Crippen molar-refractivity contribution < 1.29 is 9.63 Å². The molecular weight excluding hydrogens is 240 g/mol. The quantitative estimate of drug-likeness (QED) is 0.817. The number of phenols is 1. The molecule has 90 valence electrons. The van der Waals surface area contributed by atoms with Crippen molar-refractivity contribution in [2.45, 2.75) is 20.8 Å². The Kier molecular flexibility index (Phi) is 2.75. The minimum Gasteiger partial charge on any atom is -0.507 e. The monoisotopic (exact) mass is 252 g/mol. The van der Waals surface area contributed by atoms with Crippen LogP contribution in [0.2, 0.25) is 5.02 Å². The molecule has 2 rings (SSSR count). The number of benzene rings is 1. The van der Waals surface area contributed by atoms with Gasteiger partial charge in [-0.05, 0) is 37.5 Å². The van der Waals surface area contributed by atoms with E-state index in [2.05, 4.69) is 5.16 Å². The van der Waals surface area contributed by atoms with Crippen molar-refractivity contribution >= 4 is 17.5 Å². The highest BCUT2D eigenvalue weighted by atomic mass is 35.5. The van der Waals surface area contributed by atoms with E-state index in [1.165, 1.54) is 6.20 Å². The number of hydrogen-bond donors (Lipinski definition) is 2. The number of hydrogen-bond acceptors (Lipinski definition) is 4. The Bertz CT molecular complexity index is 561. The molecule has 4 nitrogen and oxygen atoms in total. The van der Waals surface area contributed by atoms with E-state index in [-0.39, 0.29) is 11.6 Å². The first-order valence-corrected chi connectivity index (χ1v) is 5.51. The van der Waals surface area contributed by atoms with Gasteiger partial charge in [0.15, 0.2) is 0 Å². The molecule has 5 heteroatoms. The maximum absolute atomic E-state index is 10.2. The molecule has 1 heterocycles. The minimum atomic E-state index is 0.166. The molecular formula is C12H13ClN2O2. The molecule has 0 amide bonds. The summed E-state index contributed by atoms with van der Waals surface area (Å²) in [5, 5.41) is 14.4. The summed E-state index contributed by atoms with van der Waals surface area (Å²) in [5.41, 5.74) is 9.17. The summed E-state index contributed by atoms with van der Waals surface area (Å²) in [6.07, 6.45) is 1.47. The van der Waals surface area contributed by atoms with Crippen molar-refractivity contribution in [3.8, 4) is 16.9 Å². The summed E-state index contributed by atoms with van der Waals surface area (Å²) in [6, 6.07) is 0. The Morgan fingerprint density at radius 2 is 1.88 bits per heavy atom. The van der Waals surface area contributed by atoms with E-state index in [0.717, 1.165) is 16.7 Å². The van der Waals surface area contributed by atoms with Gasteiger partial charge in [0.25, 0.3) is 0 Å². The molecule has 0 aliphatic carbocycles. The lowest BCUT2D eigenvalue weighted by atomic mass is 9.95. The lowest BCUT2D eigenvalue weighted by Crippen LogP contribution is -1.94. The largest absolute Gasteiger partial charge is 0.507 e. The molecule has 0 atom stereocenters. The van der Waals surface area contributed by atoms with Crippen LogP contribution in [0.1, 0.15) is 16.7 Å². The molecule has 0 spiro atoms. The lowest BCUT2D eigenvalue weighted by Gasteiger charge is -2.14. The zero-order chi connectivity index (χ0) is 12.7. The predicted molar refractivity (Wildman–Crippen MR) is 67.2 cm³/mol. The van der Waals surface area contributed by atoms with Gasteiger partial charge in [-0.3, -0.25) is 0 Å². The van der Waals surface area contributed by atoms with Crippen LogP contribution in [0, 0.1) is 20.8 Å². The lowest BCUT2D eigenvalue weighted by molar-refractivity contribution is 0.436. The number of aromatic hydroxyl groups is 1. The van der Waals surface area contributed by atoms with Gasteiger partial charge in [-0.25, -0.2) is 0 Å². The molecule has 1 aromatic heterocycles. The molecule has 0 fully saturated rings. The van der Waals surface area contributed by atoms with Crippen LogP contribution < -0.4 is 5.73 Å². The standard InChI is InChI=1S/C12H13ClN2O2/c1-5-6(2)11(16)9(7(3)10(5)13)8-4-15-17-12(8)14/h4,16H,14H2,1-3H3. The van der Waals surface area contributed by atoms with E-state index in [1.807, 2.05) is 20.8 Å². The number of nitrogens with zero attached hydrogens (tertiary/aromatic N) is 1. The number of halogens is 1. The summed E-state index contributed by atoms with van der Waals surface area (Å²) in [4.78, 5) is 0. The number of anilines is 1. The van der Waals surface area contributed by atoms with E-state index in [0.29, 0.717) is 16.1 Å². The smallest absolute Gasteiger partial charge is 0.230 e. The van der Waals surface area contributed by atoms with E-state index >= 15 is 0 Å². The van der Waals surface area contributed by atoms with Gasteiger partial charge in [0.05, 0.1) is 11.8 Å². The van der Waals surface area contributed by atoms with Crippen molar-refractivity contribution in [1.29, 1.82) is 0 Å². The predicted octanol–water partition coefficient (Wildman–Crippen LogP) is 3.21. The van der Waals surface area contributed by atoms with Crippen LogP contribution in [0.25, 0.3) is 11.1 Å². The first kappa shape index (κ1) is 11.8. The SMILES string of the molecule is Cc1c(C)c(Cl)c(C)c(-c2cnoc2N)c1O. The van der Waals surface area contributed by atoms with E-state index in [1.54, 1.807) is 0 Å². The number of phenolic OH excluding ortho intramolecular Hbond substituents is 1. The van der Waals surface area contributed by atoms with Gasteiger partial charge in [0, 0.05) is 10.6 Å². The van der Waals surface area contributed by atoms with Crippen molar-refractivity contribution in [3.05, 3.63) is 27.9 Å². The molecule has 17 heavy (non-hydrogen) atoms. The zero-order valence-electron chi connectivity index (χ0n) is 9.84. The van der Waals surface area contributed by atoms with Gasteiger partial charge < -0.3 is 15.4 Å². The average Bonchev–Trinajstić information content (AvgIpc) is 2.71. The summed E-state index contributed by atoms with van der Waals surface area (Å²) in [6.45, 7) is 5.50. The maximum atomic E-state index is 10.2. The number of aromatic nitrogens is 1. The molecule has 0 aliphatic rings. The Morgan fingerprint density at radius 3 is 2.41 bits per heavy atom. The molecule has 0 saturated heterocycles. The average molecular weight is 253 g/mol. The first-order valence-electron chi connectivity index (χ1n) is 5.13. The van der Waals surface area contributed by atoms with Crippen LogP contribution in [-0.2, 0) is 0 Å². The minimum absolute atomic E-state index is 0.166. The van der Waals surface area contributed by atoms with Crippen LogP contribution in [0.3, 0.4) is 0 Å². The summed E-state index contributed by atoms with van der Waals surface area (Å²) >= 11 is 6.23. The van der Waals surface area contributed by atoms with Crippen molar-refractivity contribution in [2.24, 2.45) is 0 Å². The fraction of sp³-hybridized carbons (Fsp3) is 0.250. The fourth-order valence-electron chi connectivity index (χ4n) is 1.86. The van der Waals surface area contributed by atoms with Crippen molar-refractivity contribution in [2.75, 3.05) is 5.73 Å². The van der Waals surface area contributed by atoms with Crippen LogP contribution in [0.4, 0.5) is 5.88 Å². The van der Waals surface area contributed by atoms with Crippen LogP contribution in [-0.4, -0.2) is 10.3 Å².